The van der Waals surface area contributed by atoms with E-state index in [1.807, 2.05) is 18.2 Å². The van der Waals surface area contributed by atoms with Crippen molar-refractivity contribution >= 4 is 10.3 Å². The van der Waals surface area contributed by atoms with Crippen LogP contribution in [0.4, 0.5) is 0 Å². The highest BCUT2D eigenvalue weighted by molar-refractivity contribution is 7.84. The van der Waals surface area contributed by atoms with Crippen LogP contribution in [0.1, 0.15) is 61.6 Å². The molecule has 0 radical (unpaired) electrons. The fourth-order valence-corrected chi connectivity index (χ4v) is 7.30. The lowest BCUT2D eigenvalue weighted by Crippen LogP contribution is -2.45. The predicted molar refractivity (Wildman–Crippen MR) is 120 cm³/mol. The van der Waals surface area contributed by atoms with Crippen LogP contribution in [0.25, 0.3) is 0 Å². The first-order valence-electron chi connectivity index (χ1n) is 11.3. The Morgan fingerprint density at radius 1 is 1.06 bits per heavy atom. The molecule has 0 spiro atoms. The second kappa shape index (κ2) is 7.91. The third kappa shape index (κ3) is 4.01. The highest BCUT2D eigenvalue weighted by Gasteiger charge is 2.56. The fraction of sp³-hybridized carbons (Fsp3) is 0.520. The Morgan fingerprint density at radius 3 is 2.65 bits per heavy atom. The summed E-state index contributed by atoms with van der Waals surface area (Å²) in [6, 6.07) is 16.8. The minimum atomic E-state index is -3.92. The summed E-state index contributed by atoms with van der Waals surface area (Å²) < 4.78 is 34.5. The first-order chi connectivity index (χ1) is 14.8. The Morgan fingerprint density at radius 2 is 1.87 bits per heavy atom. The van der Waals surface area contributed by atoms with E-state index in [4.69, 9.17) is 14.1 Å². The molecule has 2 fully saturated rings. The molecule has 31 heavy (non-hydrogen) atoms. The van der Waals surface area contributed by atoms with Crippen LogP contribution >= 0.6 is 0 Å². The van der Waals surface area contributed by atoms with Crippen LogP contribution in [0.15, 0.2) is 48.5 Å². The van der Waals surface area contributed by atoms with Gasteiger partial charge in [0.15, 0.2) is 0 Å². The molecular weight excluding hydrogens is 410 g/mol. The lowest BCUT2D eigenvalue weighted by Gasteiger charge is -2.50. The minimum Gasteiger partial charge on any atom is -0.489 e. The van der Waals surface area contributed by atoms with Gasteiger partial charge in [0, 0.05) is 0 Å². The molecule has 2 aromatic rings. The number of fused-ring (bicyclic) bond motifs is 5. The van der Waals surface area contributed by atoms with E-state index in [0.717, 1.165) is 44.3 Å². The second-order valence-electron chi connectivity index (χ2n) is 9.75. The van der Waals surface area contributed by atoms with Crippen LogP contribution in [0.5, 0.6) is 5.75 Å². The number of ether oxygens (including phenoxy) is 1. The number of benzene rings is 2. The molecule has 0 heterocycles. The van der Waals surface area contributed by atoms with E-state index in [1.165, 1.54) is 16.7 Å². The molecule has 2 aromatic carbocycles. The third-order valence-corrected chi connectivity index (χ3v) is 8.61. The zero-order chi connectivity index (χ0) is 21.6. The largest absolute Gasteiger partial charge is 0.489 e. The van der Waals surface area contributed by atoms with Gasteiger partial charge in [0.2, 0.25) is 0 Å². The molecule has 3 unspecified atom stereocenters. The molecule has 0 amide bonds. The van der Waals surface area contributed by atoms with E-state index < -0.39 is 10.3 Å². The van der Waals surface area contributed by atoms with Crippen LogP contribution in [-0.4, -0.2) is 14.5 Å². The highest BCUT2D eigenvalue weighted by Crippen LogP contribution is 2.61. The summed E-state index contributed by atoms with van der Waals surface area (Å²) in [6.45, 7) is 2.80. The Balaban J connectivity index is 1.32. The van der Waals surface area contributed by atoms with Crippen molar-refractivity contribution in [2.45, 2.75) is 64.1 Å². The molecule has 3 aliphatic rings. The molecule has 0 saturated heterocycles. The van der Waals surface area contributed by atoms with Gasteiger partial charge in [-0.1, -0.05) is 43.3 Å². The summed E-state index contributed by atoms with van der Waals surface area (Å²) in [5.74, 6) is 2.54. The highest BCUT2D eigenvalue weighted by atomic mass is 32.2. The summed E-state index contributed by atoms with van der Waals surface area (Å²) in [6.07, 6.45) is 5.74. The van der Waals surface area contributed by atoms with Crippen molar-refractivity contribution < 1.29 is 17.3 Å². The Labute approximate surface area is 185 Å². The average Bonchev–Trinajstić information content (AvgIpc) is 3.07. The van der Waals surface area contributed by atoms with E-state index in [-0.39, 0.29) is 11.5 Å². The van der Waals surface area contributed by atoms with E-state index in [9.17, 15) is 8.42 Å². The SMILES string of the molecule is C[C@]12CCC3c4ccc(OCc5ccccc5)cc4CCC3C1CC[C@H]2OS(N)(=O)=O. The number of hydrogen-bond donors (Lipinski definition) is 1. The van der Waals surface area contributed by atoms with Crippen LogP contribution in [0.3, 0.4) is 0 Å². The number of rotatable bonds is 5. The van der Waals surface area contributed by atoms with Gasteiger partial charge in [-0.25, -0.2) is 5.14 Å². The molecule has 166 valence electrons. The van der Waals surface area contributed by atoms with Crippen LogP contribution in [-0.2, 0) is 27.5 Å². The summed E-state index contributed by atoms with van der Waals surface area (Å²) in [4.78, 5) is 0. The molecule has 2 saturated carbocycles. The van der Waals surface area contributed by atoms with Gasteiger partial charge in [-0.05, 0) is 90.5 Å². The normalized spacial score (nSPS) is 32.1. The van der Waals surface area contributed by atoms with Gasteiger partial charge in [-0.2, -0.15) is 8.42 Å². The van der Waals surface area contributed by atoms with E-state index in [2.05, 4.69) is 37.3 Å². The molecule has 5 atom stereocenters. The van der Waals surface area contributed by atoms with Crippen molar-refractivity contribution in [3.8, 4) is 5.75 Å². The zero-order valence-corrected chi connectivity index (χ0v) is 18.8. The Hall–Kier alpha value is -1.89. The van der Waals surface area contributed by atoms with E-state index in [0.29, 0.717) is 24.4 Å². The molecule has 5 rings (SSSR count). The van der Waals surface area contributed by atoms with Crippen molar-refractivity contribution in [2.24, 2.45) is 22.4 Å². The minimum absolute atomic E-state index is 0.107. The van der Waals surface area contributed by atoms with Gasteiger partial charge >= 0.3 is 10.3 Å². The maximum atomic E-state index is 11.6. The smallest absolute Gasteiger partial charge is 0.333 e. The first kappa shape index (κ1) is 21.0. The van der Waals surface area contributed by atoms with Gasteiger partial charge in [-0.15, -0.1) is 0 Å². The van der Waals surface area contributed by atoms with Crippen LogP contribution < -0.4 is 9.88 Å². The number of nitrogens with two attached hydrogens (primary N) is 1. The lowest BCUT2D eigenvalue weighted by molar-refractivity contribution is -0.00802. The summed E-state index contributed by atoms with van der Waals surface area (Å²) in [5, 5.41) is 5.21. The Bertz CT molecular complexity index is 1050. The van der Waals surface area contributed by atoms with Crippen molar-refractivity contribution in [1.29, 1.82) is 0 Å². The number of hydrogen-bond acceptors (Lipinski definition) is 4. The van der Waals surface area contributed by atoms with Crippen molar-refractivity contribution in [1.82, 2.24) is 0 Å². The maximum absolute atomic E-state index is 11.6. The summed E-state index contributed by atoms with van der Waals surface area (Å²) in [5.41, 5.74) is 3.93. The lowest BCUT2D eigenvalue weighted by atomic mass is 9.55. The maximum Gasteiger partial charge on any atom is 0.333 e. The molecule has 0 aromatic heterocycles. The van der Waals surface area contributed by atoms with Gasteiger partial charge in [0.25, 0.3) is 0 Å². The Kier molecular flexibility index (Phi) is 5.35. The molecular formula is C25H31NO4S. The van der Waals surface area contributed by atoms with Crippen molar-refractivity contribution in [3.05, 3.63) is 65.2 Å². The van der Waals surface area contributed by atoms with Crippen molar-refractivity contribution in [3.63, 3.8) is 0 Å². The van der Waals surface area contributed by atoms with Crippen LogP contribution in [0.2, 0.25) is 0 Å². The topological polar surface area (TPSA) is 78.6 Å². The van der Waals surface area contributed by atoms with E-state index in [1.54, 1.807) is 0 Å². The molecule has 5 nitrogen and oxygen atoms in total. The standard InChI is InChI=1S/C25H31NO4S/c1-25-14-13-21-20-10-8-19(29-16-17-5-3-2-4-6-17)15-18(20)7-9-22(21)23(25)11-12-24(25)30-31(26,27)28/h2-6,8,10,15,21-24H,7,9,11-14,16H2,1H3,(H2,26,27,28)/t21?,22?,23?,24-,25+/m1/s1. The monoisotopic (exact) mass is 441 g/mol. The zero-order valence-electron chi connectivity index (χ0n) is 18.0. The number of aryl methyl sites for hydroxylation is 1. The molecule has 0 bridgehead atoms. The van der Waals surface area contributed by atoms with Gasteiger partial charge in [0.05, 0.1) is 6.10 Å². The quantitative estimate of drug-likeness (QED) is 0.729. The van der Waals surface area contributed by atoms with Crippen molar-refractivity contribution in [2.75, 3.05) is 0 Å². The van der Waals surface area contributed by atoms with E-state index >= 15 is 0 Å². The van der Waals surface area contributed by atoms with Gasteiger partial charge in [-0.3, -0.25) is 4.18 Å². The van der Waals surface area contributed by atoms with Gasteiger partial charge < -0.3 is 4.74 Å². The van der Waals surface area contributed by atoms with Crippen LogP contribution in [0, 0.1) is 17.3 Å². The summed E-state index contributed by atoms with van der Waals surface area (Å²) in [7, 11) is -3.92. The third-order valence-electron chi connectivity index (χ3n) is 8.11. The fourth-order valence-electron chi connectivity index (χ4n) is 6.66. The molecule has 3 aliphatic carbocycles. The van der Waals surface area contributed by atoms with Gasteiger partial charge in [0.1, 0.15) is 12.4 Å². The predicted octanol–water partition coefficient (Wildman–Crippen LogP) is 4.71. The molecule has 2 N–H and O–H groups in total. The molecule has 6 heteroatoms. The first-order valence-corrected chi connectivity index (χ1v) is 12.8. The second-order valence-corrected chi connectivity index (χ2v) is 10.9. The molecule has 0 aliphatic heterocycles. The average molecular weight is 442 g/mol. The summed E-state index contributed by atoms with van der Waals surface area (Å²) >= 11 is 0.